The van der Waals surface area contributed by atoms with Crippen LogP contribution < -0.4 is 10.6 Å². The van der Waals surface area contributed by atoms with Crippen molar-refractivity contribution in [3.05, 3.63) is 30.1 Å². The highest BCUT2D eigenvalue weighted by Crippen LogP contribution is 2.22. The number of hydrogen-bond donors (Lipinski definition) is 1. The summed E-state index contributed by atoms with van der Waals surface area (Å²) >= 11 is 0. The summed E-state index contributed by atoms with van der Waals surface area (Å²) in [6, 6.07) is 6.24. The van der Waals surface area contributed by atoms with Gasteiger partial charge in [-0.25, -0.2) is 4.98 Å². The van der Waals surface area contributed by atoms with E-state index in [0.29, 0.717) is 6.54 Å². The van der Waals surface area contributed by atoms with Gasteiger partial charge in [-0.2, -0.15) is 0 Å². The molecule has 84 valence electrons. The van der Waals surface area contributed by atoms with Crippen LogP contribution in [0.25, 0.3) is 5.65 Å². The number of fused-ring (bicyclic) bond motifs is 1. The zero-order chi connectivity index (χ0) is 11.0. The standard InChI is InChI=1S/C12H16N4/c13-8-10-9-14-11-4-3-5-12(16(10)11)15-6-1-2-7-15/h3-5,9H,1-2,6-8,13H2. The van der Waals surface area contributed by atoms with Crippen LogP contribution in [0.5, 0.6) is 0 Å². The predicted octanol–water partition coefficient (Wildman–Crippen LogP) is 1.39. The average molecular weight is 216 g/mol. The van der Waals surface area contributed by atoms with Crippen molar-refractivity contribution in [2.75, 3.05) is 18.0 Å². The van der Waals surface area contributed by atoms with Crippen molar-refractivity contribution in [3.63, 3.8) is 0 Å². The quantitative estimate of drug-likeness (QED) is 0.825. The molecule has 0 radical (unpaired) electrons. The van der Waals surface area contributed by atoms with Crippen molar-refractivity contribution in [3.8, 4) is 0 Å². The molecule has 4 nitrogen and oxygen atoms in total. The van der Waals surface area contributed by atoms with Gasteiger partial charge in [-0.1, -0.05) is 6.07 Å². The minimum atomic E-state index is 0.534. The lowest BCUT2D eigenvalue weighted by atomic mass is 10.4. The second kappa shape index (κ2) is 3.79. The topological polar surface area (TPSA) is 46.6 Å². The van der Waals surface area contributed by atoms with Gasteiger partial charge < -0.3 is 10.6 Å². The summed E-state index contributed by atoms with van der Waals surface area (Å²) in [5.41, 5.74) is 7.82. The highest BCUT2D eigenvalue weighted by atomic mass is 15.2. The second-order valence-electron chi connectivity index (χ2n) is 4.23. The Hall–Kier alpha value is -1.55. The molecular formula is C12H16N4. The molecule has 0 unspecified atom stereocenters. The van der Waals surface area contributed by atoms with Crippen molar-refractivity contribution < 1.29 is 0 Å². The zero-order valence-corrected chi connectivity index (χ0v) is 9.26. The van der Waals surface area contributed by atoms with E-state index in [1.165, 1.54) is 18.7 Å². The average Bonchev–Trinajstić information content (AvgIpc) is 2.97. The third kappa shape index (κ3) is 1.38. The van der Waals surface area contributed by atoms with E-state index >= 15 is 0 Å². The largest absolute Gasteiger partial charge is 0.358 e. The normalized spacial score (nSPS) is 16.2. The Morgan fingerprint density at radius 1 is 1.25 bits per heavy atom. The molecule has 4 heteroatoms. The van der Waals surface area contributed by atoms with Gasteiger partial charge in [0.05, 0.1) is 11.9 Å². The van der Waals surface area contributed by atoms with E-state index in [2.05, 4.69) is 26.4 Å². The van der Waals surface area contributed by atoms with Crippen LogP contribution in [-0.4, -0.2) is 22.5 Å². The molecule has 0 aromatic carbocycles. The number of pyridine rings is 1. The number of anilines is 1. The Kier molecular flexibility index (Phi) is 2.29. The van der Waals surface area contributed by atoms with Gasteiger partial charge in [-0.3, -0.25) is 4.40 Å². The van der Waals surface area contributed by atoms with Gasteiger partial charge in [0.1, 0.15) is 11.5 Å². The fourth-order valence-corrected chi connectivity index (χ4v) is 2.42. The van der Waals surface area contributed by atoms with E-state index in [-0.39, 0.29) is 0 Å². The minimum absolute atomic E-state index is 0.534. The van der Waals surface area contributed by atoms with Crippen LogP contribution in [0.3, 0.4) is 0 Å². The van der Waals surface area contributed by atoms with E-state index in [1.54, 1.807) is 0 Å². The van der Waals surface area contributed by atoms with Crippen LogP contribution >= 0.6 is 0 Å². The van der Waals surface area contributed by atoms with Crippen LogP contribution in [0.1, 0.15) is 18.5 Å². The second-order valence-corrected chi connectivity index (χ2v) is 4.23. The highest BCUT2D eigenvalue weighted by Gasteiger charge is 2.16. The van der Waals surface area contributed by atoms with Crippen molar-refractivity contribution in [1.82, 2.24) is 9.38 Å². The molecule has 0 aliphatic carbocycles. The summed E-state index contributed by atoms with van der Waals surface area (Å²) in [5.74, 6) is 1.23. The molecule has 3 heterocycles. The molecule has 1 aliphatic rings. The Morgan fingerprint density at radius 2 is 2.06 bits per heavy atom. The van der Waals surface area contributed by atoms with Gasteiger partial charge >= 0.3 is 0 Å². The van der Waals surface area contributed by atoms with Crippen molar-refractivity contribution in [2.45, 2.75) is 19.4 Å². The number of aromatic nitrogens is 2. The molecular weight excluding hydrogens is 200 g/mol. The van der Waals surface area contributed by atoms with Crippen LogP contribution in [0.2, 0.25) is 0 Å². The first-order valence-electron chi connectivity index (χ1n) is 5.80. The molecule has 0 spiro atoms. The fraction of sp³-hybridized carbons (Fsp3) is 0.417. The van der Waals surface area contributed by atoms with Gasteiger partial charge in [0.25, 0.3) is 0 Å². The molecule has 1 aliphatic heterocycles. The van der Waals surface area contributed by atoms with E-state index in [1.807, 2.05) is 12.3 Å². The van der Waals surface area contributed by atoms with Crippen LogP contribution in [0.15, 0.2) is 24.4 Å². The Morgan fingerprint density at radius 3 is 2.81 bits per heavy atom. The lowest BCUT2D eigenvalue weighted by Gasteiger charge is -2.20. The summed E-state index contributed by atoms with van der Waals surface area (Å²) in [6.45, 7) is 2.81. The van der Waals surface area contributed by atoms with Crippen molar-refractivity contribution in [1.29, 1.82) is 0 Å². The van der Waals surface area contributed by atoms with Crippen LogP contribution in [0, 0.1) is 0 Å². The third-order valence-corrected chi connectivity index (χ3v) is 3.22. The molecule has 3 rings (SSSR count). The number of imidazole rings is 1. The molecule has 2 aromatic rings. The van der Waals surface area contributed by atoms with Gasteiger partial charge in [0, 0.05) is 19.6 Å². The summed E-state index contributed by atoms with van der Waals surface area (Å²) in [4.78, 5) is 6.79. The zero-order valence-electron chi connectivity index (χ0n) is 9.26. The number of nitrogens with two attached hydrogens (primary N) is 1. The minimum Gasteiger partial charge on any atom is -0.358 e. The SMILES string of the molecule is NCc1cnc2cccc(N3CCCC3)n12. The molecule has 0 bridgehead atoms. The molecule has 0 atom stereocenters. The predicted molar refractivity (Wildman–Crippen MR) is 64.5 cm³/mol. The van der Waals surface area contributed by atoms with Gasteiger partial charge in [0.2, 0.25) is 0 Å². The molecule has 0 saturated carbocycles. The first kappa shape index (κ1) is 9.66. The Labute approximate surface area is 94.7 Å². The molecule has 2 aromatic heterocycles. The Bertz CT molecular complexity index is 497. The Balaban J connectivity index is 2.18. The third-order valence-electron chi connectivity index (χ3n) is 3.22. The molecule has 2 N–H and O–H groups in total. The number of rotatable bonds is 2. The number of hydrogen-bond acceptors (Lipinski definition) is 3. The first-order chi connectivity index (χ1) is 7.90. The lowest BCUT2D eigenvalue weighted by molar-refractivity contribution is 0.881. The van der Waals surface area contributed by atoms with Gasteiger partial charge in [0.15, 0.2) is 0 Å². The van der Waals surface area contributed by atoms with E-state index in [4.69, 9.17) is 5.73 Å². The maximum atomic E-state index is 5.75. The summed E-state index contributed by atoms with van der Waals surface area (Å²) < 4.78 is 2.17. The highest BCUT2D eigenvalue weighted by molar-refractivity contribution is 5.53. The van der Waals surface area contributed by atoms with E-state index in [0.717, 1.165) is 24.4 Å². The van der Waals surface area contributed by atoms with E-state index in [9.17, 15) is 0 Å². The maximum Gasteiger partial charge on any atom is 0.138 e. The van der Waals surface area contributed by atoms with Crippen molar-refractivity contribution >= 4 is 11.5 Å². The summed E-state index contributed by atoms with van der Waals surface area (Å²) in [7, 11) is 0. The number of nitrogens with zero attached hydrogens (tertiary/aromatic N) is 3. The smallest absolute Gasteiger partial charge is 0.138 e. The van der Waals surface area contributed by atoms with Gasteiger partial charge in [-0.15, -0.1) is 0 Å². The van der Waals surface area contributed by atoms with E-state index < -0.39 is 0 Å². The summed E-state index contributed by atoms with van der Waals surface area (Å²) in [5, 5.41) is 0. The molecule has 1 fully saturated rings. The van der Waals surface area contributed by atoms with Crippen molar-refractivity contribution in [2.24, 2.45) is 5.73 Å². The maximum absolute atomic E-state index is 5.75. The molecule has 1 saturated heterocycles. The molecule has 16 heavy (non-hydrogen) atoms. The van der Waals surface area contributed by atoms with Crippen LogP contribution in [0.4, 0.5) is 5.82 Å². The monoisotopic (exact) mass is 216 g/mol. The van der Waals surface area contributed by atoms with Gasteiger partial charge in [-0.05, 0) is 25.0 Å². The summed E-state index contributed by atoms with van der Waals surface area (Å²) in [6.07, 6.45) is 4.43. The molecule has 0 amide bonds. The first-order valence-corrected chi connectivity index (χ1v) is 5.80. The fourth-order valence-electron chi connectivity index (χ4n) is 2.42. The lowest BCUT2D eigenvalue weighted by Crippen LogP contribution is -2.21. The van der Waals surface area contributed by atoms with Crippen LogP contribution in [-0.2, 0) is 6.54 Å².